The standard InChI is InChI=1S/C12H17BrN2O/c1-16-12-8-11(3-6-14-12)15-7-4-10(9-15)2-5-13/h3,6,8,10H,2,4-5,7,9H2,1H3. The Hall–Kier alpha value is -0.770. The Labute approximate surface area is 105 Å². The Balaban J connectivity index is 2.02. The quantitative estimate of drug-likeness (QED) is 0.795. The summed E-state index contributed by atoms with van der Waals surface area (Å²) >= 11 is 3.51. The minimum atomic E-state index is 0.696. The first-order chi connectivity index (χ1) is 7.83. The average molecular weight is 285 g/mol. The van der Waals surface area contributed by atoms with Crippen LogP contribution in [0.5, 0.6) is 5.88 Å². The molecule has 1 unspecified atom stereocenters. The molecule has 1 atom stereocenters. The zero-order chi connectivity index (χ0) is 11.4. The number of hydrogen-bond acceptors (Lipinski definition) is 3. The van der Waals surface area contributed by atoms with Gasteiger partial charge in [-0.25, -0.2) is 4.98 Å². The molecule has 0 amide bonds. The first-order valence-electron chi connectivity index (χ1n) is 5.64. The highest BCUT2D eigenvalue weighted by Gasteiger charge is 2.22. The van der Waals surface area contributed by atoms with Crippen LogP contribution in [0.15, 0.2) is 18.3 Å². The van der Waals surface area contributed by atoms with Crippen LogP contribution in [-0.4, -0.2) is 30.5 Å². The van der Waals surface area contributed by atoms with E-state index in [0.717, 1.165) is 24.3 Å². The van der Waals surface area contributed by atoms with Crippen LogP contribution in [0.4, 0.5) is 5.69 Å². The van der Waals surface area contributed by atoms with Gasteiger partial charge in [0.1, 0.15) is 0 Å². The molecule has 16 heavy (non-hydrogen) atoms. The molecule has 0 radical (unpaired) electrons. The molecule has 0 aromatic carbocycles. The van der Waals surface area contributed by atoms with Crippen molar-refractivity contribution >= 4 is 21.6 Å². The summed E-state index contributed by atoms with van der Waals surface area (Å²) in [6, 6.07) is 4.07. The summed E-state index contributed by atoms with van der Waals surface area (Å²) < 4.78 is 5.14. The van der Waals surface area contributed by atoms with Crippen molar-refractivity contribution in [2.24, 2.45) is 5.92 Å². The molecule has 1 fully saturated rings. The lowest BCUT2D eigenvalue weighted by molar-refractivity contribution is 0.398. The molecule has 2 rings (SSSR count). The predicted molar refractivity (Wildman–Crippen MR) is 69.5 cm³/mol. The van der Waals surface area contributed by atoms with Crippen LogP contribution in [0.25, 0.3) is 0 Å². The molecule has 1 aliphatic rings. The van der Waals surface area contributed by atoms with Gasteiger partial charge < -0.3 is 9.64 Å². The second-order valence-electron chi connectivity index (χ2n) is 4.13. The minimum absolute atomic E-state index is 0.696. The molecule has 88 valence electrons. The van der Waals surface area contributed by atoms with Gasteiger partial charge in [-0.1, -0.05) is 15.9 Å². The van der Waals surface area contributed by atoms with Gasteiger partial charge in [-0.15, -0.1) is 0 Å². The average Bonchev–Trinajstić information content (AvgIpc) is 2.78. The van der Waals surface area contributed by atoms with Crippen LogP contribution >= 0.6 is 15.9 Å². The van der Waals surface area contributed by atoms with E-state index in [1.54, 1.807) is 7.11 Å². The molecule has 1 saturated heterocycles. The maximum absolute atomic E-state index is 5.14. The van der Waals surface area contributed by atoms with Gasteiger partial charge in [0.15, 0.2) is 0 Å². The monoisotopic (exact) mass is 284 g/mol. The Morgan fingerprint density at radius 2 is 2.50 bits per heavy atom. The van der Waals surface area contributed by atoms with Crippen molar-refractivity contribution in [3.8, 4) is 5.88 Å². The first-order valence-corrected chi connectivity index (χ1v) is 6.76. The summed E-state index contributed by atoms with van der Waals surface area (Å²) in [6.07, 6.45) is 4.36. The van der Waals surface area contributed by atoms with Crippen LogP contribution in [0.2, 0.25) is 0 Å². The molecule has 1 aromatic rings. The number of rotatable bonds is 4. The third kappa shape index (κ3) is 2.67. The lowest BCUT2D eigenvalue weighted by Crippen LogP contribution is -2.19. The highest BCUT2D eigenvalue weighted by atomic mass is 79.9. The number of ether oxygens (including phenoxy) is 1. The molecule has 3 nitrogen and oxygen atoms in total. The number of methoxy groups -OCH3 is 1. The van der Waals surface area contributed by atoms with Gasteiger partial charge in [0.2, 0.25) is 5.88 Å². The van der Waals surface area contributed by atoms with E-state index in [0.29, 0.717) is 5.88 Å². The number of anilines is 1. The molecule has 0 bridgehead atoms. The molecule has 0 spiro atoms. The highest BCUT2D eigenvalue weighted by Crippen LogP contribution is 2.27. The van der Waals surface area contributed by atoms with Crippen LogP contribution in [0, 0.1) is 5.92 Å². The third-order valence-corrected chi connectivity index (χ3v) is 3.55. The van der Waals surface area contributed by atoms with Crippen molar-refractivity contribution in [1.82, 2.24) is 4.98 Å². The van der Waals surface area contributed by atoms with Gasteiger partial charge in [0.05, 0.1) is 7.11 Å². The normalized spacial score (nSPS) is 20.1. The maximum Gasteiger partial charge on any atom is 0.214 e. The van der Waals surface area contributed by atoms with Crippen molar-refractivity contribution < 1.29 is 4.74 Å². The number of alkyl halides is 1. The van der Waals surface area contributed by atoms with E-state index in [1.165, 1.54) is 18.5 Å². The number of aromatic nitrogens is 1. The number of nitrogens with zero attached hydrogens (tertiary/aromatic N) is 2. The van der Waals surface area contributed by atoms with Crippen molar-refractivity contribution in [2.75, 3.05) is 30.4 Å². The third-order valence-electron chi connectivity index (χ3n) is 3.10. The number of pyridine rings is 1. The largest absolute Gasteiger partial charge is 0.481 e. The Bertz CT molecular complexity index is 346. The summed E-state index contributed by atoms with van der Waals surface area (Å²) in [5.74, 6) is 1.51. The van der Waals surface area contributed by atoms with E-state index in [9.17, 15) is 0 Å². The van der Waals surface area contributed by atoms with Crippen molar-refractivity contribution in [3.63, 3.8) is 0 Å². The minimum Gasteiger partial charge on any atom is -0.481 e. The molecular formula is C12H17BrN2O. The van der Waals surface area contributed by atoms with Crippen LogP contribution < -0.4 is 9.64 Å². The first kappa shape index (κ1) is 11.7. The summed E-state index contributed by atoms with van der Waals surface area (Å²) in [6.45, 7) is 2.30. The SMILES string of the molecule is COc1cc(N2CCC(CCBr)C2)ccn1. The summed E-state index contributed by atoms with van der Waals surface area (Å²) in [7, 11) is 1.66. The zero-order valence-electron chi connectivity index (χ0n) is 9.53. The lowest BCUT2D eigenvalue weighted by Gasteiger charge is -2.18. The number of halogens is 1. The van der Waals surface area contributed by atoms with Crippen molar-refractivity contribution in [1.29, 1.82) is 0 Å². The van der Waals surface area contributed by atoms with E-state index >= 15 is 0 Å². The molecule has 1 aromatic heterocycles. The van der Waals surface area contributed by atoms with Gasteiger partial charge in [-0.2, -0.15) is 0 Å². The predicted octanol–water partition coefficient (Wildman–Crippen LogP) is 2.70. The lowest BCUT2D eigenvalue weighted by atomic mass is 10.1. The van der Waals surface area contributed by atoms with Gasteiger partial charge in [0.25, 0.3) is 0 Å². The molecular weight excluding hydrogens is 268 g/mol. The van der Waals surface area contributed by atoms with Gasteiger partial charge in [0, 0.05) is 36.4 Å². The second-order valence-corrected chi connectivity index (χ2v) is 4.93. The molecule has 0 N–H and O–H groups in total. The van der Waals surface area contributed by atoms with E-state index in [4.69, 9.17) is 4.74 Å². The molecule has 0 aliphatic carbocycles. The van der Waals surface area contributed by atoms with E-state index in [-0.39, 0.29) is 0 Å². The Morgan fingerprint density at radius 3 is 3.25 bits per heavy atom. The van der Waals surface area contributed by atoms with E-state index < -0.39 is 0 Å². The Morgan fingerprint density at radius 1 is 1.62 bits per heavy atom. The summed E-state index contributed by atoms with van der Waals surface area (Å²) in [5, 5.41) is 1.10. The molecule has 1 aliphatic heterocycles. The fourth-order valence-electron chi connectivity index (χ4n) is 2.16. The molecule has 0 saturated carbocycles. The highest BCUT2D eigenvalue weighted by molar-refractivity contribution is 9.09. The van der Waals surface area contributed by atoms with Crippen molar-refractivity contribution in [3.05, 3.63) is 18.3 Å². The van der Waals surface area contributed by atoms with E-state index in [2.05, 4.69) is 31.9 Å². The fraction of sp³-hybridized carbons (Fsp3) is 0.583. The molecule has 2 heterocycles. The van der Waals surface area contributed by atoms with Gasteiger partial charge in [-0.3, -0.25) is 0 Å². The van der Waals surface area contributed by atoms with Crippen LogP contribution in [-0.2, 0) is 0 Å². The smallest absolute Gasteiger partial charge is 0.214 e. The van der Waals surface area contributed by atoms with E-state index in [1.807, 2.05) is 12.3 Å². The van der Waals surface area contributed by atoms with Crippen LogP contribution in [0.1, 0.15) is 12.8 Å². The second kappa shape index (κ2) is 5.53. The maximum atomic E-state index is 5.14. The van der Waals surface area contributed by atoms with Gasteiger partial charge in [-0.05, 0) is 24.8 Å². The fourth-order valence-corrected chi connectivity index (χ4v) is 2.81. The summed E-state index contributed by atoms with van der Waals surface area (Å²) in [4.78, 5) is 6.54. The Kier molecular flexibility index (Phi) is 4.04. The van der Waals surface area contributed by atoms with Gasteiger partial charge >= 0.3 is 0 Å². The zero-order valence-corrected chi connectivity index (χ0v) is 11.1. The topological polar surface area (TPSA) is 25.4 Å². The molecule has 4 heteroatoms. The summed E-state index contributed by atoms with van der Waals surface area (Å²) in [5.41, 5.74) is 1.23. The van der Waals surface area contributed by atoms with Crippen molar-refractivity contribution in [2.45, 2.75) is 12.8 Å². The number of hydrogen-bond donors (Lipinski definition) is 0. The van der Waals surface area contributed by atoms with Crippen LogP contribution in [0.3, 0.4) is 0 Å².